The zero-order valence-corrected chi connectivity index (χ0v) is 18.7. The van der Waals surface area contributed by atoms with Crippen molar-refractivity contribution in [2.75, 3.05) is 16.8 Å². The molecule has 4 rings (SSSR count). The lowest BCUT2D eigenvalue weighted by molar-refractivity contribution is -0.117. The number of thiazole rings is 1. The molecule has 1 aromatic carbocycles. The van der Waals surface area contributed by atoms with Crippen LogP contribution in [-0.4, -0.2) is 38.1 Å². The molecule has 0 aliphatic carbocycles. The fourth-order valence-electron chi connectivity index (χ4n) is 3.51. The van der Waals surface area contributed by atoms with Crippen LogP contribution in [0, 0.1) is 11.7 Å². The lowest BCUT2D eigenvalue weighted by atomic mass is 10.1. The molecule has 3 heterocycles. The molecule has 31 heavy (non-hydrogen) atoms. The highest BCUT2D eigenvalue weighted by Crippen LogP contribution is 2.31. The van der Waals surface area contributed by atoms with E-state index < -0.39 is 0 Å². The average Bonchev–Trinajstić information content (AvgIpc) is 3.42. The van der Waals surface area contributed by atoms with Gasteiger partial charge >= 0.3 is 0 Å². The molecular formula is C21H22N6O2S2. The molecule has 10 heteroatoms. The summed E-state index contributed by atoms with van der Waals surface area (Å²) in [4.78, 5) is 31.5. The van der Waals surface area contributed by atoms with E-state index in [9.17, 15) is 9.59 Å². The Hall–Kier alpha value is -3.11. The number of anilines is 2. The van der Waals surface area contributed by atoms with Gasteiger partial charge < -0.3 is 10.2 Å². The molecule has 8 nitrogen and oxygen atoms in total. The number of carbonyl (C=O) groups is 2. The minimum Gasteiger partial charge on any atom is -0.312 e. The van der Waals surface area contributed by atoms with Crippen LogP contribution in [0.15, 0.2) is 36.9 Å². The number of carbonyl (C=O) groups excluding carboxylic acids is 2. The number of hydrogen-bond acceptors (Lipinski definition) is 6. The van der Waals surface area contributed by atoms with E-state index in [4.69, 9.17) is 12.2 Å². The number of H-pyrrole nitrogens is 1. The molecule has 3 aromatic rings. The quantitative estimate of drug-likeness (QED) is 0.417. The zero-order valence-electron chi connectivity index (χ0n) is 17.1. The fraction of sp³-hybridized carbons (Fsp3) is 0.286. The Balaban J connectivity index is 1.44. The van der Waals surface area contributed by atoms with E-state index in [1.165, 1.54) is 11.3 Å². The van der Waals surface area contributed by atoms with Crippen molar-refractivity contribution in [3.05, 3.63) is 52.9 Å². The van der Waals surface area contributed by atoms with Gasteiger partial charge in [-0.3, -0.25) is 19.3 Å². The first-order valence-electron chi connectivity index (χ1n) is 9.89. The third-order valence-electron chi connectivity index (χ3n) is 5.00. The summed E-state index contributed by atoms with van der Waals surface area (Å²) >= 11 is 6.62. The predicted molar refractivity (Wildman–Crippen MR) is 124 cm³/mol. The second-order valence-electron chi connectivity index (χ2n) is 7.23. The van der Waals surface area contributed by atoms with Crippen molar-refractivity contribution in [1.82, 2.24) is 19.7 Å². The van der Waals surface area contributed by atoms with Crippen molar-refractivity contribution in [2.24, 2.45) is 0 Å². The van der Waals surface area contributed by atoms with Gasteiger partial charge in [0.05, 0.1) is 17.0 Å². The smallest absolute Gasteiger partial charge is 0.230 e. The molecule has 2 aromatic heterocycles. The number of benzene rings is 1. The van der Waals surface area contributed by atoms with Gasteiger partial charge in [0.2, 0.25) is 11.8 Å². The summed E-state index contributed by atoms with van der Waals surface area (Å²) in [6.45, 7) is 6.90. The van der Waals surface area contributed by atoms with Crippen molar-refractivity contribution in [3.8, 4) is 10.7 Å². The Labute approximate surface area is 188 Å². The Kier molecular flexibility index (Phi) is 6.10. The predicted octanol–water partition coefficient (Wildman–Crippen LogP) is 3.87. The minimum atomic E-state index is -0.157. The van der Waals surface area contributed by atoms with Crippen LogP contribution in [0.1, 0.15) is 24.1 Å². The van der Waals surface area contributed by atoms with E-state index in [0.717, 1.165) is 34.8 Å². The van der Waals surface area contributed by atoms with Crippen molar-refractivity contribution in [2.45, 2.75) is 32.7 Å². The van der Waals surface area contributed by atoms with Gasteiger partial charge in [-0.1, -0.05) is 29.5 Å². The van der Waals surface area contributed by atoms with Gasteiger partial charge in [0.25, 0.3) is 0 Å². The second kappa shape index (κ2) is 8.94. The van der Waals surface area contributed by atoms with Crippen molar-refractivity contribution in [1.29, 1.82) is 0 Å². The van der Waals surface area contributed by atoms with E-state index >= 15 is 0 Å². The van der Waals surface area contributed by atoms with Crippen LogP contribution >= 0.6 is 23.6 Å². The first-order chi connectivity index (χ1) is 15.0. The Bertz CT molecular complexity index is 1190. The van der Waals surface area contributed by atoms with Crippen LogP contribution < -0.4 is 10.2 Å². The number of nitrogens with one attached hydrogen (secondary N) is 2. The maximum Gasteiger partial charge on any atom is 0.230 e. The lowest BCUT2D eigenvalue weighted by Gasteiger charge is -2.15. The van der Waals surface area contributed by atoms with Gasteiger partial charge in [0.15, 0.2) is 15.7 Å². The van der Waals surface area contributed by atoms with E-state index in [1.54, 1.807) is 11.0 Å². The highest BCUT2D eigenvalue weighted by molar-refractivity contribution is 7.71. The van der Waals surface area contributed by atoms with Crippen LogP contribution in [0.2, 0.25) is 0 Å². The van der Waals surface area contributed by atoms with Crippen LogP contribution in [0.25, 0.3) is 10.7 Å². The minimum absolute atomic E-state index is 0.148. The summed E-state index contributed by atoms with van der Waals surface area (Å²) in [5, 5.41) is 10.5. The van der Waals surface area contributed by atoms with Gasteiger partial charge in [-0.05, 0) is 43.3 Å². The normalized spacial score (nSPS) is 13.6. The average molecular weight is 455 g/mol. The summed E-state index contributed by atoms with van der Waals surface area (Å²) in [5.41, 5.74) is 2.51. The summed E-state index contributed by atoms with van der Waals surface area (Å²) in [7, 11) is 0. The molecule has 0 unspecified atom stereocenters. The molecule has 160 valence electrons. The van der Waals surface area contributed by atoms with E-state index in [0.29, 0.717) is 28.7 Å². The summed E-state index contributed by atoms with van der Waals surface area (Å²) in [6.07, 6.45) is 3.45. The molecule has 0 saturated carbocycles. The molecule has 0 radical (unpaired) electrons. The topological polar surface area (TPSA) is 95.9 Å². The molecule has 0 spiro atoms. The standard InChI is InChI=1S/C21H22N6O2S2/c1-3-10-27-19(24-25-21(27)30)18-13(2)22-20(31-18)23-16(28)12-14-6-8-15(9-7-14)26-11-4-5-17(26)29/h3,6-9H,1,4-5,10-12H2,2H3,(H,25,30)(H,22,23,28). The third-order valence-corrected chi connectivity index (χ3v) is 6.38. The lowest BCUT2D eigenvalue weighted by Crippen LogP contribution is -2.23. The maximum absolute atomic E-state index is 12.5. The molecule has 0 bridgehead atoms. The maximum atomic E-state index is 12.5. The summed E-state index contributed by atoms with van der Waals surface area (Å²) in [6, 6.07) is 7.54. The number of amides is 2. The number of aromatic nitrogens is 4. The SMILES string of the molecule is C=CCn1c(-c2sc(NC(=O)Cc3ccc(N4CCCC4=O)cc3)nc2C)n[nH]c1=S. The fourth-order valence-corrected chi connectivity index (χ4v) is 4.70. The molecule has 2 N–H and O–H groups in total. The summed E-state index contributed by atoms with van der Waals surface area (Å²) < 4.78 is 2.34. The molecular weight excluding hydrogens is 432 g/mol. The number of hydrogen-bond donors (Lipinski definition) is 2. The Morgan fingerprint density at radius 3 is 2.84 bits per heavy atom. The third kappa shape index (κ3) is 4.49. The van der Waals surface area contributed by atoms with Gasteiger partial charge in [0.1, 0.15) is 0 Å². The van der Waals surface area contributed by atoms with Gasteiger partial charge in [-0.15, -0.1) is 6.58 Å². The molecule has 2 amide bonds. The molecule has 1 saturated heterocycles. The van der Waals surface area contributed by atoms with Crippen molar-refractivity contribution < 1.29 is 9.59 Å². The first-order valence-corrected chi connectivity index (χ1v) is 11.1. The number of allylic oxidation sites excluding steroid dienone is 1. The Morgan fingerprint density at radius 1 is 1.39 bits per heavy atom. The van der Waals surface area contributed by atoms with Crippen LogP contribution in [0.4, 0.5) is 10.8 Å². The summed E-state index contributed by atoms with van der Waals surface area (Å²) in [5.74, 6) is 0.664. The van der Waals surface area contributed by atoms with E-state index in [1.807, 2.05) is 35.8 Å². The van der Waals surface area contributed by atoms with E-state index in [-0.39, 0.29) is 18.2 Å². The number of rotatable bonds is 7. The van der Waals surface area contributed by atoms with E-state index in [2.05, 4.69) is 27.1 Å². The van der Waals surface area contributed by atoms with Crippen molar-refractivity contribution >= 4 is 46.2 Å². The van der Waals surface area contributed by atoms with Crippen LogP contribution in [0.5, 0.6) is 0 Å². The van der Waals surface area contributed by atoms with Gasteiger partial charge in [-0.25, -0.2) is 4.98 Å². The highest BCUT2D eigenvalue weighted by atomic mass is 32.1. The zero-order chi connectivity index (χ0) is 22.0. The number of aryl methyl sites for hydroxylation is 1. The number of aromatic amines is 1. The van der Waals surface area contributed by atoms with Crippen molar-refractivity contribution in [3.63, 3.8) is 0 Å². The number of nitrogens with zero attached hydrogens (tertiary/aromatic N) is 4. The van der Waals surface area contributed by atoms with Gasteiger partial charge in [-0.2, -0.15) is 5.10 Å². The molecule has 1 aliphatic rings. The molecule has 1 fully saturated rings. The molecule has 0 atom stereocenters. The Morgan fingerprint density at radius 2 is 2.16 bits per heavy atom. The largest absolute Gasteiger partial charge is 0.312 e. The van der Waals surface area contributed by atoms with Crippen LogP contribution in [0.3, 0.4) is 0 Å². The first kappa shape index (κ1) is 21.1. The van der Waals surface area contributed by atoms with Crippen LogP contribution in [-0.2, 0) is 22.6 Å². The second-order valence-corrected chi connectivity index (χ2v) is 8.61. The highest BCUT2D eigenvalue weighted by Gasteiger charge is 2.21. The monoisotopic (exact) mass is 454 g/mol. The molecule has 1 aliphatic heterocycles. The van der Waals surface area contributed by atoms with Gasteiger partial charge in [0, 0.05) is 25.2 Å².